The third-order valence-corrected chi connectivity index (χ3v) is 2.03. The summed E-state index contributed by atoms with van der Waals surface area (Å²) in [5, 5.41) is 0. The molecule has 0 aliphatic rings. The molecule has 0 aliphatic heterocycles. The van der Waals surface area contributed by atoms with Gasteiger partial charge in [-0.1, -0.05) is 13.0 Å². The molecular weight excluding hydrogens is 204 g/mol. The fourth-order valence-electron chi connectivity index (χ4n) is 1.30. The van der Waals surface area contributed by atoms with E-state index < -0.39 is 12.7 Å². The van der Waals surface area contributed by atoms with Crippen LogP contribution in [0.3, 0.4) is 0 Å². The number of aromatic nitrogens is 1. The van der Waals surface area contributed by atoms with E-state index >= 15 is 0 Å². The minimum Gasteiger partial charge on any atom is -0.409 e. The van der Waals surface area contributed by atoms with Crippen molar-refractivity contribution in [2.75, 3.05) is 0 Å². The Labute approximate surface area is 84.7 Å². The normalized spacial score (nSPS) is 11.2. The molecule has 15 heavy (non-hydrogen) atoms. The van der Waals surface area contributed by atoms with Crippen LogP contribution >= 0.6 is 0 Å². The van der Waals surface area contributed by atoms with Gasteiger partial charge in [0.1, 0.15) is 5.52 Å². The highest BCUT2D eigenvalue weighted by Gasteiger charge is 2.11. The predicted octanol–water partition coefficient (Wildman–Crippen LogP) is 2.99. The number of nitrogens with zero attached hydrogens (tertiary/aromatic N) is 1. The van der Waals surface area contributed by atoms with Crippen LogP contribution in [-0.4, -0.2) is 11.6 Å². The van der Waals surface area contributed by atoms with Gasteiger partial charge in [0.2, 0.25) is 0 Å². The van der Waals surface area contributed by atoms with E-state index in [1.54, 1.807) is 12.1 Å². The van der Waals surface area contributed by atoms with Gasteiger partial charge in [0.05, 0.1) is 0 Å². The fourth-order valence-corrected chi connectivity index (χ4v) is 1.30. The number of alkyl halides is 2. The van der Waals surface area contributed by atoms with Crippen LogP contribution < -0.4 is 4.74 Å². The van der Waals surface area contributed by atoms with E-state index in [9.17, 15) is 8.78 Å². The molecule has 0 fully saturated rings. The third-order valence-electron chi connectivity index (χ3n) is 2.03. The van der Waals surface area contributed by atoms with Crippen LogP contribution in [0.25, 0.3) is 11.1 Å². The number of hydrogen-bond donors (Lipinski definition) is 0. The zero-order chi connectivity index (χ0) is 10.8. The summed E-state index contributed by atoms with van der Waals surface area (Å²) in [5.74, 6) is 0. The van der Waals surface area contributed by atoms with Crippen molar-refractivity contribution >= 4 is 11.1 Å². The molecule has 1 aromatic heterocycles. The zero-order valence-electron chi connectivity index (χ0n) is 8.04. The van der Waals surface area contributed by atoms with E-state index in [0.29, 0.717) is 11.1 Å². The molecule has 0 radical (unpaired) electrons. The SMILES string of the molecule is CCc1ccc2oc(OC(F)F)nc2c1. The number of oxazole rings is 1. The summed E-state index contributed by atoms with van der Waals surface area (Å²) in [7, 11) is 0. The molecule has 2 rings (SSSR count). The summed E-state index contributed by atoms with van der Waals surface area (Å²) >= 11 is 0. The molecule has 0 saturated carbocycles. The summed E-state index contributed by atoms with van der Waals surface area (Å²) < 4.78 is 32.8. The molecule has 0 unspecified atom stereocenters. The van der Waals surface area contributed by atoms with Crippen LogP contribution in [0.15, 0.2) is 22.6 Å². The number of ether oxygens (including phenoxy) is 1. The highest BCUT2D eigenvalue weighted by molar-refractivity contribution is 5.73. The van der Waals surface area contributed by atoms with Gasteiger partial charge in [-0.3, -0.25) is 0 Å². The maximum absolute atomic E-state index is 11.9. The van der Waals surface area contributed by atoms with Gasteiger partial charge in [-0.2, -0.15) is 13.8 Å². The topological polar surface area (TPSA) is 35.3 Å². The van der Waals surface area contributed by atoms with E-state index in [-0.39, 0.29) is 0 Å². The van der Waals surface area contributed by atoms with Crippen molar-refractivity contribution in [3.05, 3.63) is 23.8 Å². The van der Waals surface area contributed by atoms with Gasteiger partial charge in [0.25, 0.3) is 0 Å². The minimum absolute atomic E-state index is 0.395. The molecular formula is C10H9F2NO2. The Morgan fingerprint density at radius 3 is 2.93 bits per heavy atom. The van der Waals surface area contributed by atoms with Crippen LogP contribution in [0.5, 0.6) is 6.08 Å². The van der Waals surface area contributed by atoms with Gasteiger partial charge in [-0.05, 0) is 24.1 Å². The molecule has 2 aromatic rings. The van der Waals surface area contributed by atoms with E-state index in [4.69, 9.17) is 4.42 Å². The monoisotopic (exact) mass is 213 g/mol. The van der Waals surface area contributed by atoms with Gasteiger partial charge in [0.15, 0.2) is 5.58 Å². The van der Waals surface area contributed by atoms with Crippen molar-refractivity contribution in [2.45, 2.75) is 20.0 Å². The third kappa shape index (κ3) is 2.06. The molecule has 0 aliphatic carbocycles. The number of aryl methyl sites for hydroxylation is 1. The number of rotatable bonds is 3. The summed E-state index contributed by atoms with van der Waals surface area (Å²) in [4.78, 5) is 3.79. The number of fused-ring (bicyclic) bond motifs is 1. The van der Waals surface area contributed by atoms with Crippen molar-refractivity contribution in [2.24, 2.45) is 0 Å². The Bertz CT molecular complexity index is 467. The number of halogens is 2. The van der Waals surface area contributed by atoms with Crippen LogP contribution in [0.4, 0.5) is 8.78 Å². The molecule has 1 aromatic carbocycles. The van der Waals surface area contributed by atoms with Crippen molar-refractivity contribution in [3.63, 3.8) is 0 Å². The summed E-state index contributed by atoms with van der Waals surface area (Å²) in [6.07, 6.45) is 0.460. The largest absolute Gasteiger partial charge is 0.409 e. The summed E-state index contributed by atoms with van der Waals surface area (Å²) in [6.45, 7) is -0.915. The van der Waals surface area contributed by atoms with Crippen LogP contribution in [0, 0.1) is 0 Å². The average Bonchev–Trinajstić information content (AvgIpc) is 2.57. The van der Waals surface area contributed by atoms with Crippen molar-refractivity contribution < 1.29 is 17.9 Å². The Balaban J connectivity index is 2.37. The van der Waals surface area contributed by atoms with Crippen LogP contribution in [-0.2, 0) is 6.42 Å². The first-order chi connectivity index (χ1) is 7.19. The van der Waals surface area contributed by atoms with Gasteiger partial charge in [-0.25, -0.2) is 0 Å². The molecule has 0 amide bonds. The second kappa shape index (κ2) is 3.84. The van der Waals surface area contributed by atoms with E-state index in [2.05, 4.69) is 9.72 Å². The lowest BCUT2D eigenvalue weighted by atomic mass is 10.1. The Morgan fingerprint density at radius 1 is 1.47 bits per heavy atom. The fraction of sp³-hybridized carbons (Fsp3) is 0.300. The lowest BCUT2D eigenvalue weighted by Gasteiger charge is -1.94. The van der Waals surface area contributed by atoms with E-state index in [1.165, 1.54) is 0 Å². The van der Waals surface area contributed by atoms with Crippen LogP contribution in [0.1, 0.15) is 12.5 Å². The molecule has 0 bridgehead atoms. The number of benzene rings is 1. The van der Waals surface area contributed by atoms with E-state index in [1.807, 2.05) is 13.0 Å². The Morgan fingerprint density at radius 2 is 2.27 bits per heavy atom. The quantitative estimate of drug-likeness (QED) is 0.786. The van der Waals surface area contributed by atoms with Gasteiger partial charge < -0.3 is 9.15 Å². The smallest absolute Gasteiger partial charge is 0.399 e. The Kier molecular flexibility index (Phi) is 2.53. The van der Waals surface area contributed by atoms with Gasteiger partial charge >= 0.3 is 12.7 Å². The number of hydrogen-bond acceptors (Lipinski definition) is 3. The van der Waals surface area contributed by atoms with E-state index in [0.717, 1.165) is 12.0 Å². The lowest BCUT2D eigenvalue weighted by Crippen LogP contribution is -2.01. The molecule has 0 spiro atoms. The second-order valence-electron chi connectivity index (χ2n) is 3.01. The second-order valence-corrected chi connectivity index (χ2v) is 3.01. The maximum atomic E-state index is 11.9. The first-order valence-electron chi connectivity index (χ1n) is 4.53. The predicted molar refractivity (Wildman–Crippen MR) is 50.0 cm³/mol. The van der Waals surface area contributed by atoms with Gasteiger partial charge in [0, 0.05) is 0 Å². The molecule has 0 atom stereocenters. The van der Waals surface area contributed by atoms with Crippen molar-refractivity contribution in [1.29, 1.82) is 0 Å². The molecule has 5 heteroatoms. The Hall–Kier alpha value is -1.65. The lowest BCUT2D eigenvalue weighted by molar-refractivity contribution is -0.0664. The summed E-state index contributed by atoms with van der Waals surface area (Å²) in [6, 6.07) is 5.34. The first kappa shape index (κ1) is 9.89. The van der Waals surface area contributed by atoms with Crippen molar-refractivity contribution in [1.82, 2.24) is 4.98 Å². The minimum atomic E-state index is -2.91. The zero-order valence-corrected chi connectivity index (χ0v) is 8.04. The standard InChI is InChI=1S/C10H9F2NO2/c1-2-6-3-4-8-7(5-6)13-10(14-8)15-9(11)12/h3-5,9H,2H2,1H3. The van der Waals surface area contributed by atoms with Gasteiger partial charge in [-0.15, -0.1) is 0 Å². The molecule has 0 saturated heterocycles. The molecule has 80 valence electrons. The molecule has 0 N–H and O–H groups in total. The average molecular weight is 213 g/mol. The molecule has 1 heterocycles. The first-order valence-corrected chi connectivity index (χ1v) is 4.53. The molecule has 3 nitrogen and oxygen atoms in total. The van der Waals surface area contributed by atoms with Crippen molar-refractivity contribution in [3.8, 4) is 6.08 Å². The van der Waals surface area contributed by atoms with Crippen LogP contribution in [0.2, 0.25) is 0 Å². The summed E-state index contributed by atoms with van der Waals surface area (Å²) in [5.41, 5.74) is 2.05. The maximum Gasteiger partial charge on any atom is 0.399 e. The highest BCUT2D eigenvalue weighted by atomic mass is 19.3. The highest BCUT2D eigenvalue weighted by Crippen LogP contribution is 2.22.